The molecule has 2 unspecified atom stereocenters. The number of carbonyl (C=O) groups excluding carboxylic acids is 1. The molecule has 1 aliphatic heterocycles. The fourth-order valence-corrected chi connectivity index (χ4v) is 2.67. The van der Waals surface area contributed by atoms with Gasteiger partial charge in [0.15, 0.2) is 12.4 Å². The van der Waals surface area contributed by atoms with Crippen LogP contribution in [0.5, 0.6) is 5.75 Å². The number of esters is 1. The molecule has 0 amide bonds. The van der Waals surface area contributed by atoms with E-state index in [1.54, 1.807) is 6.07 Å². The lowest BCUT2D eigenvalue weighted by Gasteiger charge is -2.37. The molecule has 1 aliphatic rings. The first-order valence-corrected chi connectivity index (χ1v) is 7.85. The molecule has 1 aromatic carbocycles. The number of carbonyl (C=O) groups is 1. The molecule has 24 heavy (non-hydrogen) atoms. The van der Waals surface area contributed by atoms with Gasteiger partial charge in [0.1, 0.15) is 0 Å². The Morgan fingerprint density at radius 1 is 1.46 bits per heavy atom. The van der Waals surface area contributed by atoms with E-state index in [4.69, 9.17) is 4.74 Å². The quantitative estimate of drug-likeness (QED) is 0.475. The molecule has 1 fully saturated rings. The van der Waals surface area contributed by atoms with Crippen molar-refractivity contribution in [3.63, 3.8) is 0 Å². The Labute approximate surface area is 140 Å². The van der Waals surface area contributed by atoms with Crippen LogP contribution in [0, 0.1) is 10.1 Å². The summed E-state index contributed by atoms with van der Waals surface area (Å²) in [6.07, 6.45) is 0. The second-order valence-electron chi connectivity index (χ2n) is 6.01. The molecule has 132 valence electrons. The number of benzene rings is 1. The predicted octanol–water partition coefficient (Wildman–Crippen LogP) is 1.33. The van der Waals surface area contributed by atoms with Gasteiger partial charge in [-0.2, -0.15) is 0 Å². The zero-order valence-electron chi connectivity index (χ0n) is 14.2. The van der Waals surface area contributed by atoms with Gasteiger partial charge in [-0.15, -0.1) is 0 Å². The van der Waals surface area contributed by atoms with E-state index in [1.807, 2.05) is 0 Å². The molecular formula is C16H23N3O5. The van der Waals surface area contributed by atoms with Crippen molar-refractivity contribution in [1.82, 2.24) is 10.2 Å². The Balaban J connectivity index is 2.12. The maximum Gasteiger partial charge on any atom is 0.343 e. The van der Waals surface area contributed by atoms with E-state index < -0.39 is 10.9 Å². The number of nitrogens with one attached hydrogen (secondary N) is 1. The highest BCUT2D eigenvalue weighted by molar-refractivity contribution is 5.71. The van der Waals surface area contributed by atoms with E-state index in [-0.39, 0.29) is 18.0 Å². The molecule has 0 bridgehead atoms. The van der Waals surface area contributed by atoms with E-state index >= 15 is 0 Å². The SMILES string of the molecule is COC(=O)COc1ccc(CN2CC(C)NCC2C)cc1[N+](=O)[O-]. The number of ether oxygens (including phenoxy) is 2. The summed E-state index contributed by atoms with van der Waals surface area (Å²) in [5.41, 5.74) is 0.695. The Bertz CT molecular complexity index is 607. The van der Waals surface area contributed by atoms with Crippen LogP contribution in [0.3, 0.4) is 0 Å². The highest BCUT2D eigenvalue weighted by Crippen LogP contribution is 2.29. The first-order valence-electron chi connectivity index (χ1n) is 7.85. The van der Waals surface area contributed by atoms with Crippen LogP contribution in [0.1, 0.15) is 19.4 Å². The molecule has 0 spiro atoms. The molecule has 8 heteroatoms. The molecule has 1 heterocycles. The number of hydrogen-bond acceptors (Lipinski definition) is 7. The van der Waals surface area contributed by atoms with Gasteiger partial charge in [0, 0.05) is 37.8 Å². The van der Waals surface area contributed by atoms with Gasteiger partial charge in [0.25, 0.3) is 0 Å². The Kier molecular flexibility index (Phi) is 6.10. The van der Waals surface area contributed by atoms with Crippen LogP contribution in [-0.2, 0) is 16.1 Å². The van der Waals surface area contributed by atoms with Crippen molar-refractivity contribution < 1.29 is 19.2 Å². The number of nitrogens with zero attached hydrogens (tertiary/aromatic N) is 2. The highest BCUT2D eigenvalue weighted by atomic mass is 16.6. The van der Waals surface area contributed by atoms with Gasteiger partial charge in [0.05, 0.1) is 12.0 Å². The molecule has 8 nitrogen and oxygen atoms in total. The lowest BCUT2D eigenvalue weighted by atomic mass is 10.1. The van der Waals surface area contributed by atoms with Crippen LogP contribution >= 0.6 is 0 Å². The van der Waals surface area contributed by atoms with Crippen molar-refractivity contribution in [2.45, 2.75) is 32.5 Å². The average Bonchev–Trinajstić information content (AvgIpc) is 2.56. The van der Waals surface area contributed by atoms with Gasteiger partial charge in [-0.05, 0) is 25.5 Å². The summed E-state index contributed by atoms with van der Waals surface area (Å²) in [4.78, 5) is 24.2. The number of nitro benzene ring substituents is 1. The lowest BCUT2D eigenvalue weighted by Crippen LogP contribution is -2.53. The maximum absolute atomic E-state index is 11.3. The van der Waals surface area contributed by atoms with Gasteiger partial charge in [-0.3, -0.25) is 15.0 Å². The smallest absolute Gasteiger partial charge is 0.343 e. The second kappa shape index (κ2) is 8.07. The summed E-state index contributed by atoms with van der Waals surface area (Å²) >= 11 is 0. The summed E-state index contributed by atoms with van der Waals surface area (Å²) in [7, 11) is 1.23. The monoisotopic (exact) mass is 337 g/mol. The molecular weight excluding hydrogens is 314 g/mol. The fraction of sp³-hybridized carbons (Fsp3) is 0.562. The Hall–Kier alpha value is -2.19. The minimum atomic E-state index is -0.586. The number of piperazine rings is 1. The van der Waals surface area contributed by atoms with E-state index in [9.17, 15) is 14.9 Å². The van der Waals surface area contributed by atoms with E-state index in [0.29, 0.717) is 18.6 Å². The van der Waals surface area contributed by atoms with Gasteiger partial charge in [0.2, 0.25) is 0 Å². The van der Waals surface area contributed by atoms with Crippen molar-refractivity contribution in [3.8, 4) is 5.75 Å². The Morgan fingerprint density at radius 3 is 2.88 bits per heavy atom. The lowest BCUT2D eigenvalue weighted by molar-refractivity contribution is -0.385. The third-order valence-electron chi connectivity index (χ3n) is 4.07. The normalized spacial score (nSPS) is 21.3. The third kappa shape index (κ3) is 4.65. The number of nitro groups is 1. The predicted molar refractivity (Wildman–Crippen MR) is 87.9 cm³/mol. The largest absolute Gasteiger partial charge is 0.475 e. The molecule has 1 aromatic rings. The minimum absolute atomic E-state index is 0.0656. The van der Waals surface area contributed by atoms with Crippen LogP contribution in [-0.4, -0.2) is 54.7 Å². The second-order valence-corrected chi connectivity index (χ2v) is 6.01. The van der Waals surface area contributed by atoms with E-state index in [2.05, 4.69) is 28.8 Å². The average molecular weight is 337 g/mol. The summed E-state index contributed by atoms with van der Waals surface area (Å²) in [5.74, 6) is -0.520. The number of methoxy groups -OCH3 is 1. The zero-order chi connectivity index (χ0) is 17.7. The van der Waals surface area contributed by atoms with Crippen LogP contribution < -0.4 is 10.1 Å². The van der Waals surface area contributed by atoms with Crippen molar-refractivity contribution in [2.24, 2.45) is 0 Å². The fourth-order valence-electron chi connectivity index (χ4n) is 2.67. The molecule has 0 aromatic heterocycles. The van der Waals surface area contributed by atoms with Crippen LogP contribution in [0.15, 0.2) is 18.2 Å². The molecule has 1 saturated heterocycles. The van der Waals surface area contributed by atoms with Crippen LogP contribution in [0.25, 0.3) is 0 Å². The minimum Gasteiger partial charge on any atom is -0.475 e. The zero-order valence-corrected chi connectivity index (χ0v) is 14.2. The summed E-state index contributed by atoms with van der Waals surface area (Å²) in [6, 6.07) is 5.58. The molecule has 2 rings (SSSR count). The Morgan fingerprint density at radius 2 is 2.21 bits per heavy atom. The van der Waals surface area contributed by atoms with E-state index in [1.165, 1.54) is 19.2 Å². The first kappa shape index (κ1) is 18.2. The third-order valence-corrected chi connectivity index (χ3v) is 4.07. The van der Waals surface area contributed by atoms with Crippen molar-refractivity contribution in [1.29, 1.82) is 0 Å². The molecule has 0 saturated carbocycles. The maximum atomic E-state index is 11.3. The van der Waals surface area contributed by atoms with Crippen LogP contribution in [0.4, 0.5) is 5.69 Å². The topological polar surface area (TPSA) is 93.9 Å². The molecule has 1 N–H and O–H groups in total. The van der Waals surface area contributed by atoms with Gasteiger partial charge in [-0.1, -0.05) is 6.07 Å². The number of rotatable bonds is 6. The first-order chi connectivity index (χ1) is 11.4. The van der Waals surface area contributed by atoms with Crippen LogP contribution in [0.2, 0.25) is 0 Å². The summed E-state index contributed by atoms with van der Waals surface area (Å²) in [6.45, 7) is 6.29. The summed E-state index contributed by atoms with van der Waals surface area (Å²) in [5, 5.41) is 14.7. The standard InChI is InChI=1S/C16H23N3O5/c1-11-8-18(12(2)7-17-11)9-13-4-5-15(14(6-13)19(21)22)24-10-16(20)23-3/h4-6,11-12,17H,7-10H2,1-3H3. The van der Waals surface area contributed by atoms with Crippen molar-refractivity contribution >= 4 is 11.7 Å². The van der Waals surface area contributed by atoms with Crippen molar-refractivity contribution in [3.05, 3.63) is 33.9 Å². The van der Waals surface area contributed by atoms with Gasteiger partial charge >= 0.3 is 11.7 Å². The number of hydrogen-bond donors (Lipinski definition) is 1. The molecule has 0 aliphatic carbocycles. The van der Waals surface area contributed by atoms with Crippen molar-refractivity contribution in [2.75, 3.05) is 26.8 Å². The van der Waals surface area contributed by atoms with Gasteiger partial charge in [-0.25, -0.2) is 4.79 Å². The van der Waals surface area contributed by atoms with E-state index in [0.717, 1.165) is 18.7 Å². The molecule has 2 atom stereocenters. The molecule has 0 radical (unpaired) electrons. The summed E-state index contributed by atoms with van der Waals surface area (Å²) < 4.78 is 9.67. The highest BCUT2D eigenvalue weighted by Gasteiger charge is 2.24. The van der Waals surface area contributed by atoms with Gasteiger partial charge < -0.3 is 14.8 Å².